The molecule has 0 saturated heterocycles. The zero-order valence-electron chi connectivity index (χ0n) is 13.8. The summed E-state index contributed by atoms with van der Waals surface area (Å²) in [6.45, 7) is 2.85. The number of fused-ring (bicyclic) bond motifs is 1. The highest BCUT2D eigenvalue weighted by atomic mass is 32.2. The Morgan fingerprint density at radius 3 is 2.83 bits per heavy atom. The number of nitrogens with zero attached hydrogens (tertiary/aromatic N) is 2. The van der Waals surface area contributed by atoms with Crippen molar-refractivity contribution in [1.82, 2.24) is 4.90 Å². The normalized spacial score (nSPS) is 17.1. The highest BCUT2D eigenvalue weighted by Crippen LogP contribution is 2.37. The van der Waals surface area contributed by atoms with Crippen molar-refractivity contribution in [3.05, 3.63) is 48.4 Å². The maximum Gasteiger partial charge on any atom is 0.289 e. The summed E-state index contributed by atoms with van der Waals surface area (Å²) in [5, 5.41) is 0.450. The van der Waals surface area contributed by atoms with Crippen LogP contribution in [0.5, 0.6) is 0 Å². The lowest BCUT2D eigenvalue weighted by Gasteiger charge is -2.25. The van der Waals surface area contributed by atoms with Crippen LogP contribution in [0.25, 0.3) is 0 Å². The topological polar surface area (TPSA) is 53.8 Å². The van der Waals surface area contributed by atoms with Gasteiger partial charge in [-0.3, -0.25) is 9.59 Å². The van der Waals surface area contributed by atoms with Gasteiger partial charge in [0.15, 0.2) is 5.76 Å². The summed E-state index contributed by atoms with van der Waals surface area (Å²) in [4.78, 5) is 29.3. The maximum atomic E-state index is 12.8. The van der Waals surface area contributed by atoms with Gasteiger partial charge in [0.2, 0.25) is 5.91 Å². The van der Waals surface area contributed by atoms with Gasteiger partial charge >= 0.3 is 0 Å². The first-order chi connectivity index (χ1) is 11.6. The quantitative estimate of drug-likeness (QED) is 0.857. The predicted octanol–water partition coefficient (Wildman–Crippen LogP) is 3.27. The number of anilines is 1. The third-order valence-corrected chi connectivity index (χ3v) is 5.23. The Hall–Kier alpha value is -2.21. The van der Waals surface area contributed by atoms with Crippen LogP contribution in [0.15, 0.2) is 52.0 Å². The number of para-hydroxylation sites is 1. The van der Waals surface area contributed by atoms with Gasteiger partial charge < -0.3 is 14.2 Å². The van der Waals surface area contributed by atoms with Crippen LogP contribution in [-0.2, 0) is 4.79 Å². The summed E-state index contributed by atoms with van der Waals surface area (Å²) in [5.74, 6) is -0.135. The molecule has 0 fully saturated rings. The Kier molecular flexibility index (Phi) is 4.94. The molecule has 0 N–H and O–H groups in total. The summed E-state index contributed by atoms with van der Waals surface area (Å²) < 4.78 is 5.11. The standard InChI is InChI=1S/C18H20N2O3S/c1-13-9-10-20(14-6-3-4-8-16(14)24-13)17(21)12-19(2)18(22)15-7-5-11-23-15/h3-8,11,13H,9-10,12H2,1-2H3/t13-/m0/s1. The molecule has 2 amide bonds. The van der Waals surface area contributed by atoms with E-state index in [1.54, 1.807) is 35.8 Å². The van der Waals surface area contributed by atoms with Crippen LogP contribution in [0, 0.1) is 0 Å². The number of thioether (sulfide) groups is 1. The molecular formula is C18H20N2O3S. The number of amides is 2. The molecule has 1 aliphatic rings. The lowest BCUT2D eigenvalue weighted by Crippen LogP contribution is -2.41. The Labute approximate surface area is 145 Å². The summed E-state index contributed by atoms with van der Waals surface area (Å²) >= 11 is 1.79. The molecule has 5 nitrogen and oxygen atoms in total. The van der Waals surface area contributed by atoms with Gasteiger partial charge in [-0.2, -0.15) is 0 Å². The molecule has 3 rings (SSSR count). The van der Waals surface area contributed by atoms with Gasteiger partial charge in [-0.25, -0.2) is 0 Å². The fourth-order valence-electron chi connectivity index (χ4n) is 2.69. The summed E-state index contributed by atoms with van der Waals surface area (Å²) in [5.41, 5.74) is 0.927. The van der Waals surface area contributed by atoms with Gasteiger partial charge in [0.05, 0.1) is 12.0 Å². The molecule has 2 aromatic rings. The second kappa shape index (κ2) is 7.13. The molecule has 0 aliphatic carbocycles. The smallest absolute Gasteiger partial charge is 0.289 e. The molecule has 24 heavy (non-hydrogen) atoms. The van der Waals surface area contributed by atoms with Crippen molar-refractivity contribution in [1.29, 1.82) is 0 Å². The molecule has 2 heterocycles. The van der Waals surface area contributed by atoms with Crippen LogP contribution in [0.4, 0.5) is 5.69 Å². The maximum absolute atomic E-state index is 12.8. The van der Waals surface area contributed by atoms with Crippen molar-refractivity contribution < 1.29 is 14.0 Å². The van der Waals surface area contributed by atoms with E-state index in [0.29, 0.717) is 11.8 Å². The number of carbonyl (C=O) groups is 2. The van der Waals surface area contributed by atoms with Crippen LogP contribution in [0.1, 0.15) is 23.9 Å². The minimum atomic E-state index is -0.292. The van der Waals surface area contributed by atoms with Crippen molar-refractivity contribution in [3.63, 3.8) is 0 Å². The number of hydrogen-bond acceptors (Lipinski definition) is 4. The average Bonchev–Trinajstić information content (AvgIpc) is 3.04. The summed E-state index contributed by atoms with van der Waals surface area (Å²) in [6, 6.07) is 11.2. The number of rotatable bonds is 3. The van der Waals surface area contributed by atoms with E-state index in [2.05, 4.69) is 6.92 Å². The zero-order valence-corrected chi connectivity index (χ0v) is 14.6. The van der Waals surface area contributed by atoms with E-state index in [0.717, 1.165) is 17.0 Å². The highest BCUT2D eigenvalue weighted by Gasteiger charge is 2.26. The number of likely N-dealkylation sites (N-methyl/N-ethyl adjacent to an activating group) is 1. The Bertz CT molecular complexity index is 730. The van der Waals surface area contributed by atoms with Crippen LogP contribution >= 0.6 is 11.8 Å². The first-order valence-electron chi connectivity index (χ1n) is 7.91. The van der Waals surface area contributed by atoms with E-state index in [4.69, 9.17) is 4.42 Å². The van der Waals surface area contributed by atoms with Crippen molar-refractivity contribution in [3.8, 4) is 0 Å². The predicted molar refractivity (Wildman–Crippen MR) is 94.4 cm³/mol. The lowest BCUT2D eigenvalue weighted by atomic mass is 10.2. The molecule has 0 saturated carbocycles. The van der Waals surface area contributed by atoms with Gasteiger partial charge in [-0.15, -0.1) is 11.8 Å². The number of furan rings is 1. The fourth-order valence-corrected chi connectivity index (χ4v) is 3.81. The first kappa shape index (κ1) is 16.6. The second-order valence-corrected chi connectivity index (χ2v) is 7.35. The minimum absolute atomic E-state index is 0.0207. The molecule has 1 atom stereocenters. The van der Waals surface area contributed by atoms with Crippen molar-refractivity contribution in [2.24, 2.45) is 0 Å². The highest BCUT2D eigenvalue weighted by molar-refractivity contribution is 8.00. The molecule has 126 valence electrons. The molecule has 0 unspecified atom stereocenters. The zero-order chi connectivity index (χ0) is 17.1. The molecule has 1 aromatic heterocycles. The van der Waals surface area contributed by atoms with Crippen molar-refractivity contribution in [2.45, 2.75) is 23.5 Å². The van der Waals surface area contributed by atoms with Gasteiger partial charge in [-0.1, -0.05) is 19.1 Å². The number of hydrogen-bond donors (Lipinski definition) is 0. The Morgan fingerprint density at radius 2 is 2.08 bits per heavy atom. The Morgan fingerprint density at radius 1 is 1.29 bits per heavy atom. The SMILES string of the molecule is C[C@H]1CCN(C(=O)CN(C)C(=O)c2ccco2)c2ccccc2S1. The van der Waals surface area contributed by atoms with E-state index in [9.17, 15) is 9.59 Å². The van der Waals surface area contributed by atoms with E-state index >= 15 is 0 Å². The van der Waals surface area contributed by atoms with E-state index in [1.807, 2.05) is 24.3 Å². The van der Waals surface area contributed by atoms with Crippen LogP contribution in [-0.4, -0.2) is 42.1 Å². The largest absolute Gasteiger partial charge is 0.459 e. The van der Waals surface area contributed by atoms with E-state index in [-0.39, 0.29) is 24.1 Å². The fraction of sp³-hybridized carbons (Fsp3) is 0.333. The Balaban J connectivity index is 1.76. The first-order valence-corrected chi connectivity index (χ1v) is 8.79. The number of carbonyl (C=O) groups excluding carboxylic acids is 2. The third-order valence-electron chi connectivity index (χ3n) is 4.00. The third kappa shape index (κ3) is 3.48. The molecule has 1 aromatic carbocycles. The average molecular weight is 344 g/mol. The van der Waals surface area contributed by atoms with E-state index < -0.39 is 0 Å². The number of benzene rings is 1. The van der Waals surface area contributed by atoms with Gasteiger partial charge in [0.1, 0.15) is 6.54 Å². The molecule has 0 bridgehead atoms. The lowest BCUT2D eigenvalue weighted by molar-refractivity contribution is -0.119. The molecule has 1 aliphatic heterocycles. The minimum Gasteiger partial charge on any atom is -0.459 e. The molecule has 0 spiro atoms. The van der Waals surface area contributed by atoms with Crippen molar-refractivity contribution in [2.75, 3.05) is 25.0 Å². The second-order valence-electron chi connectivity index (χ2n) is 5.87. The van der Waals surface area contributed by atoms with E-state index in [1.165, 1.54) is 11.2 Å². The monoisotopic (exact) mass is 344 g/mol. The van der Waals surface area contributed by atoms with Gasteiger partial charge in [0, 0.05) is 23.7 Å². The van der Waals surface area contributed by atoms with Crippen LogP contribution in [0.3, 0.4) is 0 Å². The van der Waals surface area contributed by atoms with Crippen LogP contribution < -0.4 is 4.90 Å². The molecule has 6 heteroatoms. The van der Waals surface area contributed by atoms with Crippen LogP contribution in [0.2, 0.25) is 0 Å². The molecule has 0 radical (unpaired) electrons. The van der Waals surface area contributed by atoms with Crippen molar-refractivity contribution >= 4 is 29.3 Å². The summed E-state index contributed by atoms with van der Waals surface area (Å²) in [7, 11) is 1.61. The summed E-state index contributed by atoms with van der Waals surface area (Å²) in [6.07, 6.45) is 2.37. The molecular weight excluding hydrogens is 324 g/mol. The van der Waals surface area contributed by atoms with Gasteiger partial charge in [0.25, 0.3) is 5.91 Å². The van der Waals surface area contributed by atoms with Gasteiger partial charge in [-0.05, 0) is 30.7 Å².